The molecule has 0 aliphatic heterocycles. The lowest BCUT2D eigenvalue weighted by molar-refractivity contribution is 0.193. The largest absolute Gasteiger partial charge is 0.331 e. The molecule has 3 rings (SSSR count). The number of nitrogens with one attached hydrogen (secondary N) is 2. The molecule has 0 unspecified atom stereocenters. The summed E-state index contributed by atoms with van der Waals surface area (Å²) in [4.78, 5) is 14.4. The summed E-state index contributed by atoms with van der Waals surface area (Å²) in [6, 6.07) is 30.4. The minimum Gasteiger partial charge on any atom is -0.324 e. The number of benzene rings is 3. The molecule has 4 heteroatoms. The Morgan fingerprint density at radius 2 is 1.07 bits per heavy atom. The normalized spacial score (nSPS) is 11.1. The number of amides is 2. The summed E-state index contributed by atoms with van der Waals surface area (Å²) in [6.45, 7) is 5.25. The first-order chi connectivity index (χ1) is 13.7. The van der Waals surface area contributed by atoms with Crippen molar-refractivity contribution < 1.29 is 4.79 Å². The van der Waals surface area contributed by atoms with Crippen LogP contribution in [0.4, 0.5) is 4.79 Å². The molecule has 0 bridgehead atoms. The van der Waals surface area contributed by atoms with Gasteiger partial charge in [-0.15, -0.1) is 0 Å². The Morgan fingerprint density at radius 3 is 1.39 bits per heavy atom. The third kappa shape index (κ3) is 3.92. The zero-order valence-electron chi connectivity index (χ0n) is 16.4. The minimum absolute atomic E-state index is 0.142. The van der Waals surface area contributed by atoms with E-state index in [0.29, 0.717) is 13.1 Å². The van der Waals surface area contributed by atoms with Gasteiger partial charge >= 0.3 is 6.03 Å². The van der Waals surface area contributed by atoms with Crippen molar-refractivity contribution in [1.82, 2.24) is 15.8 Å². The highest BCUT2D eigenvalue weighted by molar-refractivity contribution is 5.74. The zero-order valence-corrected chi connectivity index (χ0v) is 16.4. The van der Waals surface area contributed by atoms with E-state index in [1.807, 2.05) is 68.4 Å². The van der Waals surface area contributed by atoms with Crippen LogP contribution in [0, 0.1) is 0 Å². The molecule has 0 saturated heterocycles. The molecular weight excluding hydrogens is 346 g/mol. The second-order valence-corrected chi connectivity index (χ2v) is 6.58. The summed E-state index contributed by atoms with van der Waals surface area (Å²) in [5.41, 5.74) is 8.78. The van der Waals surface area contributed by atoms with Gasteiger partial charge in [0.1, 0.15) is 5.54 Å². The van der Waals surface area contributed by atoms with Crippen molar-refractivity contribution in [3.63, 3.8) is 0 Å². The van der Waals surface area contributed by atoms with Gasteiger partial charge in [0.25, 0.3) is 0 Å². The standard InChI is InChI=1S/C24H27N3O/c1-3-27(4-2)23(28)25-26-24(20-14-8-5-9-15-20,21-16-10-6-11-17-21)22-18-12-7-13-19-22/h5-19,26H,3-4H2,1-2H3,(H,25,28). The van der Waals surface area contributed by atoms with E-state index in [4.69, 9.17) is 0 Å². The lowest BCUT2D eigenvalue weighted by atomic mass is 9.77. The maximum atomic E-state index is 12.7. The maximum Gasteiger partial charge on any atom is 0.331 e. The average molecular weight is 374 g/mol. The molecule has 0 spiro atoms. The summed E-state index contributed by atoms with van der Waals surface area (Å²) in [5, 5.41) is 0. The van der Waals surface area contributed by atoms with Gasteiger partial charge in [0.05, 0.1) is 0 Å². The van der Waals surface area contributed by atoms with Crippen LogP contribution in [0.2, 0.25) is 0 Å². The van der Waals surface area contributed by atoms with Crippen LogP contribution in [0.1, 0.15) is 30.5 Å². The SMILES string of the molecule is CCN(CC)C(=O)NNC(c1ccccc1)(c1ccccc1)c1ccccc1. The first-order valence-electron chi connectivity index (χ1n) is 9.71. The Bertz CT molecular complexity index is 765. The lowest BCUT2D eigenvalue weighted by Gasteiger charge is -2.37. The topological polar surface area (TPSA) is 44.4 Å². The van der Waals surface area contributed by atoms with E-state index in [0.717, 1.165) is 16.7 Å². The summed E-state index contributed by atoms with van der Waals surface area (Å²) in [7, 11) is 0. The predicted molar refractivity (Wildman–Crippen MR) is 114 cm³/mol. The first-order valence-corrected chi connectivity index (χ1v) is 9.71. The Morgan fingerprint density at radius 1 is 0.714 bits per heavy atom. The van der Waals surface area contributed by atoms with Crippen LogP contribution >= 0.6 is 0 Å². The molecule has 0 aliphatic carbocycles. The van der Waals surface area contributed by atoms with Gasteiger partial charge in [0.15, 0.2) is 0 Å². The molecule has 3 aromatic carbocycles. The molecule has 0 aromatic heterocycles. The summed E-state index contributed by atoms with van der Waals surface area (Å²) >= 11 is 0. The van der Waals surface area contributed by atoms with E-state index < -0.39 is 5.54 Å². The molecular formula is C24H27N3O. The number of hydrazine groups is 1. The lowest BCUT2D eigenvalue weighted by Crippen LogP contribution is -2.56. The Hall–Kier alpha value is -3.11. The van der Waals surface area contributed by atoms with Crippen molar-refractivity contribution in [2.24, 2.45) is 0 Å². The molecule has 0 saturated carbocycles. The predicted octanol–water partition coefficient (Wildman–Crippen LogP) is 4.53. The number of hydrogen-bond donors (Lipinski definition) is 2. The van der Waals surface area contributed by atoms with E-state index in [9.17, 15) is 4.79 Å². The molecule has 0 radical (unpaired) electrons. The monoisotopic (exact) mass is 373 g/mol. The van der Waals surface area contributed by atoms with Crippen LogP contribution in [0.25, 0.3) is 0 Å². The average Bonchev–Trinajstić information content (AvgIpc) is 2.77. The second-order valence-electron chi connectivity index (χ2n) is 6.58. The van der Waals surface area contributed by atoms with E-state index in [-0.39, 0.29) is 6.03 Å². The third-order valence-corrected chi connectivity index (χ3v) is 5.03. The summed E-state index contributed by atoms with van der Waals surface area (Å²) < 4.78 is 0. The number of rotatable bonds is 7. The molecule has 0 fully saturated rings. The van der Waals surface area contributed by atoms with E-state index in [1.54, 1.807) is 4.90 Å². The number of carbonyl (C=O) groups is 1. The highest BCUT2D eigenvalue weighted by Crippen LogP contribution is 2.36. The summed E-state index contributed by atoms with van der Waals surface area (Å²) in [5.74, 6) is 0. The Labute approximate surface area is 167 Å². The number of urea groups is 1. The smallest absolute Gasteiger partial charge is 0.324 e. The van der Waals surface area contributed by atoms with Gasteiger partial charge in [0, 0.05) is 13.1 Å². The van der Waals surface area contributed by atoms with Crippen molar-refractivity contribution in [3.05, 3.63) is 108 Å². The quantitative estimate of drug-likeness (QED) is 0.472. The van der Waals surface area contributed by atoms with E-state index in [2.05, 4.69) is 47.2 Å². The van der Waals surface area contributed by atoms with Crippen molar-refractivity contribution >= 4 is 6.03 Å². The molecule has 0 heterocycles. The fraction of sp³-hybridized carbons (Fsp3) is 0.208. The van der Waals surface area contributed by atoms with Gasteiger partial charge in [-0.3, -0.25) is 5.43 Å². The van der Waals surface area contributed by atoms with Gasteiger partial charge < -0.3 is 4.90 Å². The molecule has 4 nitrogen and oxygen atoms in total. The fourth-order valence-electron chi connectivity index (χ4n) is 3.52. The second kappa shape index (κ2) is 9.20. The van der Waals surface area contributed by atoms with Crippen molar-refractivity contribution in [1.29, 1.82) is 0 Å². The van der Waals surface area contributed by atoms with Crippen molar-refractivity contribution in [3.8, 4) is 0 Å². The summed E-state index contributed by atoms with van der Waals surface area (Å²) in [6.07, 6.45) is 0. The molecule has 0 atom stereocenters. The number of carbonyl (C=O) groups excluding carboxylic acids is 1. The fourth-order valence-corrected chi connectivity index (χ4v) is 3.52. The van der Waals surface area contributed by atoms with Crippen LogP contribution in [-0.2, 0) is 5.54 Å². The molecule has 0 aliphatic rings. The van der Waals surface area contributed by atoms with Gasteiger partial charge in [-0.05, 0) is 30.5 Å². The third-order valence-electron chi connectivity index (χ3n) is 5.03. The molecule has 2 amide bonds. The Kier molecular flexibility index (Phi) is 6.45. The van der Waals surface area contributed by atoms with Gasteiger partial charge in [0.2, 0.25) is 0 Å². The molecule has 2 N–H and O–H groups in total. The van der Waals surface area contributed by atoms with Crippen LogP contribution < -0.4 is 10.9 Å². The van der Waals surface area contributed by atoms with E-state index in [1.165, 1.54) is 0 Å². The van der Waals surface area contributed by atoms with Crippen LogP contribution in [0.3, 0.4) is 0 Å². The van der Waals surface area contributed by atoms with Crippen LogP contribution in [0.15, 0.2) is 91.0 Å². The van der Waals surface area contributed by atoms with Gasteiger partial charge in [-0.1, -0.05) is 91.0 Å². The zero-order chi connectivity index (χ0) is 19.8. The minimum atomic E-state index is -0.716. The maximum absolute atomic E-state index is 12.7. The van der Waals surface area contributed by atoms with Gasteiger partial charge in [-0.2, -0.15) is 0 Å². The number of nitrogens with zero attached hydrogens (tertiary/aromatic N) is 1. The first kappa shape index (κ1) is 19.6. The Balaban J connectivity index is 2.13. The molecule has 3 aromatic rings. The number of hydrogen-bond acceptors (Lipinski definition) is 2. The van der Waals surface area contributed by atoms with Crippen LogP contribution in [0.5, 0.6) is 0 Å². The highest BCUT2D eigenvalue weighted by Gasteiger charge is 2.36. The van der Waals surface area contributed by atoms with Crippen molar-refractivity contribution in [2.75, 3.05) is 13.1 Å². The van der Waals surface area contributed by atoms with E-state index >= 15 is 0 Å². The highest BCUT2D eigenvalue weighted by atomic mass is 16.2. The molecule has 144 valence electrons. The van der Waals surface area contributed by atoms with Crippen LogP contribution in [-0.4, -0.2) is 24.0 Å². The van der Waals surface area contributed by atoms with Crippen molar-refractivity contribution in [2.45, 2.75) is 19.4 Å². The van der Waals surface area contributed by atoms with Gasteiger partial charge in [-0.25, -0.2) is 10.2 Å². The molecule has 28 heavy (non-hydrogen) atoms.